The number of alkyl halides is 3. The van der Waals surface area contributed by atoms with Gasteiger partial charge in [-0.05, 0) is 56.3 Å². The number of carboxylic acid groups (broad SMARTS) is 2. The molecular formula is C33H28Cl2F3N3O11. The summed E-state index contributed by atoms with van der Waals surface area (Å²) in [5, 5.41) is 21.8. The van der Waals surface area contributed by atoms with Gasteiger partial charge in [-0.3, -0.25) is 0 Å². The lowest BCUT2D eigenvalue weighted by molar-refractivity contribution is -0.146. The van der Waals surface area contributed by atoms with Gasteiger partial charge in [0, 0.05) is 5.56 Å². The number of hydrogen-bond donors (Lipinski definition) is 2. The summed E-state index contributed by atoms with van der Waals surface area (Å²) < 4.78 is 63.8. The van der Waals surface area contributed by atoms with E-state index in [0.29, 0.717) is 17.3 Å². The fourth-order valence-electron chi connectivity index (χ4n) is 3.95. The van der Waals surface area contributed by atoms with Gasteiger partial charge >= 0.3 is 30.1 Å². The molecule has 0 unspecified atom stereocenters. The maximum atomic E-state index is 12.7. The SMILES string of the molecule is CON=C(C)c1cccc(Oc2nc(OC)cc(OC)n2)c1C(=O)O.C[C@H](OC(=O)c1cc(Oc2ccc(C(F)(F)F)cc2Cl)ccc1Cl)C(=O)O. The molecule has 0 bridgehead atoms. The number of rotatable bonds is 12. The van der Waals surface area contributed by atoms with E-state index in [9.17, 15) is 32.7 Å². The highest BCUT2D eigenvalue weighted by atomic mass is 35.5. The van der Waals surface area contributed by atoms with Crippen LogP contribution in [0.2, 0.25) is 10.0 Å². The first kappa shape index (κ1) is 40.6. The van der Waals surface area contributed by atoms with Crippen LogP contribution < -0.4 is 18.9 Å². The van der Waals surface area contributed by atoms with E-state index in [-0.39, 0.29) is 56.2 Å². The van der Waals surface area contributed by atoms with Gasteiger partial charge in [-0.15, -0.1) is 0 Å². The summed E-state index contributed by atoms with van der Waals surface area (Å²) >= 11 is 11.7. The van der Waals surface area contributed by atoms with Gasteiger partial charge in [0.05, 0.1) is 47.2 Å². The molecule has 0 saturated heterocycles. The minimum absolute atomic E-state index is 0.0246. The Morgan fingerprint density at radius 1 is 0.827 bits per heavy atom. The molecule has 52 heavy (non-hydrogen) atoms. The summed E-state index contributed by atoms with van der Waals surface area (Å²) in [6, 6.07) is 12.4. The van der Waals surface area contributed by atoms with Gasteiger partial charge in [0.15, 0.2) is 6.10 Å². The number of ether oxygens (including phenoxy) is 5. The van der Waals surface area contributed by atoms with Crippen LogP contribution in [0.25, 0.3) is 0 Å². The molecule has 0 spiro atoms. The molecule has 0 aliphatic heterocycles. The zero-order valence-electron chi connectivity index (χ0n) is 27.7. The number of esters is 1. The Morgan fingerprint density at radius 3 is 2.02 bits per heavy atom. The quantitative estimate of drug-likeness (QED) is 0.0809. The van der Waals surface area contributed by atoms with Crippen molar-refractivity contribution in [3.05, 3.63) is 93.0 Å². The molecule has 1 atom stereocenters. The first-order valence-electron chi connectivity index (χ1n) is 14.4. The van der Waals surface area contributed by atoms with E-state index in [2.05, 4.69) is 15.1 Å². The van der Waals surface area contributed by atoms with Crippen molar-refractivity contribution in [1.29, 1.82) is 0 Å². The maximum Gasteiger partial charge on any atom is 0.416 e. The number of nitrogens with zero attached hydrogens (tertiary/aromatic N) is 3. The van der Waals surface area contributed by atoms with Gasteiger partial charge in [-0.25, -0.2) is 14.4 Å². The molecule has 0 saturated carbocycles. The molecule has 0 aliphatic rings. The van der Waals surface area contributed by atoms with Crippen LogP contribution in [0.15, 0.2) is 65.8 Å². The monoisotopic (exact) mass is 769 g/mol. The molecule has 4 aromatic rings. The molecule has 0 aliphatic carbocycles. The van der Waals surface area contributed by atoms with E-state index in [4.69, 9.17) is 56.8 Å². The summed E-state index contributed by atoms with van der Waals surface area (Å²) in [7, 11) is 4.24. The molecule has 0 amide bonds. The number of carbonyl (C=O) groups is 3. The van der Waals surface area contributed by atoms with Gasteiger partial charge in [-0.2, -0.15) is 23.1 Å². The highest BCUT2D eigenvalue weighted by Crippen LogP contribution is 2.37. The highest BCUT2D eigenvalue weighted by molar-refractivity contribution is 6.33. The normalized spacial score (nSPS) is 11.7. The van der Waals surface area contributed by atoms with E-state index < -0.39 is 35.8 Å². The van der Waals surface area contributed by atoms with Crippen LogP contribution in [0.5, 0.6) is 35.0 Å². The van der Waals surface area contributed by atoms with Gasteiger partial charge in [0.25, 0.3) is 0 Å². The molecule has 1 heterocycles. The fraction of sp³-hybridized carbons (Fsp3) is 0.212. The fourth-order valence-corrected chi connectivity index (χ4v) is 4.36. The van der Waals surface area contributed by atoms with E-state index in [1.54, 1.807) is 19.1 Å². The van der Waals surface area contributed by atoms with Crippen molar-refractivity contribution in [2.24, 2.45) is 5.16 Å². The number of hydrogen-bond acceptors (Lipinski definition) is 12. The number of methoxy groups -OCH3 is 2. The number of aromatic nitrogens is 2. The summed E-state index contributed by atoms with van der Waals surface area (Å²) in [5.74, 6) is -3.10. The second kappa shape index (κ2) is 17.9. The first-order valence-corrected chi connectivity index (χ1v) is 15.1. The predicted molar refractivity (Wildman–Crippen MR) is 178 cm³/mol. The predicted octanol–water partition coefficient (Wildman–Crippen LogP) is 7.79. The van der Waals surface area contributed by atoms with Crippen LogP contribution >= 0.6 is 23.2 Å². The third kappa shape index (κ3) is 10.8. The average Bonchev–Trinajstić information content (AvgIpc) is 3.09. The second-order valence-corrected chi connectivity index (χ2v) is 10.8. The van der Waals surface area contributed by atoms with Crippen molar-refractivity contribution < 1.29 is 66.3 Å². The van der Waals surface area contributed by atoms with Crippen LogP contribution in [0.3, 0.4) is 0 Å². The molecule has 19 heteroatoms. The smallest absolute Gasteiger partial charge is 0.416 e. The third-order valence-corrected chi connectivity index (χ3v) is 7.04. The third-order valence-electron chi connectivity index (χ3n) is 6.41. The molecule has 3 aromatic carbocycles. The summed E-state index contributed by atoms with van der Waals surface area (Å²) in [4.78, 5) is 47.3. The van der Waals surface area contributed by atoms with E-state index in [0.717, 1.165) is 25.1 Å². The van der Waals surface area contributed by atoms with Crippen molar-refractivity contribution >= 4 is 46.8 Å². The van der Waals surface area contributed by atoms with Crippen molar-refractivity contribution in [2.45, 2.75) is 26.1 Å². The van der Waals surface area contributed by atoms with Gasteiger partial charge in [0.1, 0.15) is 29.9 Å². The zero-order valence-corrected chi connectivity index (χ0v) is 29.2. The second-order valence-electron chi connectivity index (χ2n) is 9.95. The number of aromatic carboxylic acids is 1. The zero-order chi connectivity index (χ0) is 38.7. The van der Waals surface area contributed by atoms with E-state index in [1.165, 1.54) is 45.6 Å². The van der Waals surface area contributed by atoms with E-state index in [1.807, 2.05) is 0 Å². The number of carboxylic acids is 2. The summed E-state index contributed by atoms with van der Waals surface area (Å²) in [6.45, 7) is 2.79. The maximum absolute atomic E-state index is 12.7. The molecule has 276 valence electrons. The Hall–Kier alpha value is -5.81. The Bertz CT molecular complexity index is 1960. The molecule has 1 aromatic heterocycles. The standard InChI is InChI=1S/C17H11Cl2F3O5.C16H17N3O6/c1-8(15(23)24)26-16(25)11-7-10(3-4-12(11)18)27-14-5-2-9(6-13(14)19)17(20,21)22;1-9(19-24-4)10-6-5-7-11(14(10)15(20)21)25-16-17-12(22-2)8-13(18-16)23-3/h2-8H,1H3,(H,23,24);5-8H,1-4H3,(H,20,21)/t8-;/m0./s1. The Balaban J connectivity index is 0.000000281. The Labute approximate surface area is 303 Å². The average molecular weight is 770 g/mol. The molecule has 0 fully saturated rings. The van der Waals surface area contributed by atoms with Crippen LogP contribution in [0, 0.1) is 0 Å². The number of halogens is 5. The number of carbonyl (C=O) groups excluding carboxylic acids is 1. The lowest BCUT2D eigenvalue weighted by Crippen LogP contribution is -2.23. The summed E-state index contributed by atoms with van der Waals surface area (Å²) in [5.41, 5.74) is -0.476. The van der Waals surface area contributed by atoms with Gasteiger partial charge < -0.3 is 38.7 Å². The highest BCUT2D eigenvalue weighted by Gasteiger charge is 2.31. The molecule has 4 rings (SSSR count). The number of aliphatic carboxylic acids is 1. The van der Waals surface area contributed by atoms with Crippen LogP contribution in [-0.4, -0.2) is 71.2 Å². The van der Waals surface area contributed by atoms with Gasteiger partial charge in [-0.1, -0.05) is 40.5 Å². The minimum Gasteiger partial charge on any atom is -0.481 e. The lowest BCUT2D eigenvalue weighted by Gasteiger charge is -2.13. The molecule has 0 radical (unpaired) electrons. The first-order chi connectivity index (χ1) is 24.5. The van der Waals surface area contributed by atoms with Crippen molar-refractivity contribution in [1.82, 2.24) is 9.97 Å². The van der Waals surface area contributed by atoms with Crippen molar-refractivity contribution in [3.63, 3.8) is 0 Å². The lowest BCUT2D eigenvalue weighted by atomic mass is 10.0. The van der Waals surface area contributed by atoms with Crippen molar-refractivity contribution in [3.8, 4) is 35.0 Å². The largest absolute Gasteiger partial charge is 0.481 e. The Kier molecular flexibility index (Phi) is 14.0. The van der Waals surface area contributed by atoms with Crippen molar-refractivity contribution in [2.75, 3.05) is 21.3 Å². The van der Waals surface area contributed by atoms with E-state index >= 15 is 0 Å². The molecule has 2 N–H and O–H groups in total. The Morgan fingerprint density at radius 2 is 1.48 bits per heavy atom. The number of benzene rings is 3. The summed E-state index contributed by atoms with van der Waals surface area (Å²) in [6.07, 6.45) is -5.96. The number of oxime groups is 1. The van der Waals surface area contributed by atoms with Crippen LogP contribution in [0.4, 0.5) is 13.2 Å². The molecule has 14 nitrogen and oxygen atoms in total. The van der Waals surface area contributed by atoms with Crippen LogP contribution in [0.1, 0.15) is 45.7 Å². The topological polar surface area (TPSA) is 185 Å². The minimum atomic E-state index is -4.56. The van der Waals surface area contributed by atoms with Crippen LogP contribution in [-0.2, 0) is 20.5 Å². The molecular weight excluding hydrogens is 742 g/mol. The van der Waals surface area contributed by atoms with Gasteiger partial charge in [0.2, 0.25) is 11.8 Å².